The van der Waals surface area contributed by atoms with Crippen LogP contribution in [-0.2, 0) is 0 Å². The molecule has 0 heterocycles. The molecular weight excluding hydrogens is 166 g/mol. The number of nitrogens with one attached hydrogen (secondary N) is 1. The molecule has 12 heavy (non-hydrogen) atoms. The first-order chi connectivity index (χ1) is 5.83. The zero-order valence-electron chi connectivity index (χ0n) is 6.95. The Morgan fingerprint density at radius 3 is 2.58 bits per heavy atom. The van der Waals surface area contributed by atoms with Gasteiger partial charge in [0, 0.05) is 7.05 Å². The lowest BCUT2D eigenvalue weighted by molar-refractivity contribution is 1.21. The molecule has 2 heteroatoms. The normalized spacial score (nSPS) is 10.1. The number of likely N-dealkylation sites (N-methyl/N-ethyl adjacent to an activating group) is 1. The van der Waals surface area contributed by atoms with Crippen molar-refractivity contribution in [2.24, 2.45) is 0 Å². The maximum atomic E-state index is 4.96. The van der Waals surface area contributed by atoms with Gasteiger partial charge < -0.3 is 5.32 Å². The van der Waals surface area contributed by atoms with Crippen LogP contribution in [0.25, 0.3) is 6.08 Å². The molecule has 0 aromatic heterocycles. The van der Waals surface area contributed by atoms with E-state index in [0.717, 1.165) is 10.6 Å². The topological polar surface area (TPSA) is 12.0 Å². The minimum absolute atomic E-state index is 0.749. The van der Waals surface area contributed by atoms with Crippen LogP contribution in [-0.4, -0.2) is 12.0 Å². The molecule has 0 saturated carbocycles. The summed E-state index contributed by atoms with van der Waals surface area (Å²) in [5.41, 5.74) is 1.16. The molecule has 0 saturated heterocycles. The highest BCUT2D eigenvalue weighted by molar-refractivity contribution is 7.80. The SMILES string of the molecule is CNC(=S)C=Cc1ccccc1. The number of hydrogen-bond acceptors (Lipinski definition) is 1. The van der Waals surface area contributed by atoms with Crippen molar-refractivity contribution >= 4 is 23.3 Å². The van der Waals surface area contributed by atoms with Gasteiger partial charge in [0.05, 0.1) is 4.99 Å². The molecule has 0 aliphatic carbocycles. The molecule has 0 unspecified atom stereocenters. The van der Waals surface area contributed by atoms with Crippen molar-refractivity contribution in [3.05, 3.63) is 42.0 Å². The van der Waals surface area contributed by atoms with Gasteiger partial charge in [-0.25, -0.2) is 0 Å². The predicted molar refractivity (Wildman–Crippen MR) is 57.1 cm³/mol. The Balaban J connectivity index is 2.64. The van der Waals surface area contributed by atoms with Gasteiger partial charge in [-0.05, 0) is 11.6 Å². The maximum absolute atomic E-state index is 4.96. The second kappa shape index (κ2) is 4.67. The van der Waals surface area contributed by atoms with Gasteiger partial charge in [-0.3, -0.25) is 0 Å². The quantitative estimate of drug-likeness (QED) is 0.549. The molecule has 1 aromatic carbocycles. The van der Waals surface area contributed by atoms with Crippen molar-refractivity contribution in [1.82, 2.24) is 5.32 Å². The van der Waals surface area contributed by atoms with Crippen molar-refractivity contribution in [3.8, 4) is 0 Å². The lowest BCUT2D eigenvalue weighted by Gasteiger charge is -1.93. The van der Waals surface area contributed by atoms with Gasteiger partial charge in [0.25, 0.3) is 0 Å². The summed E-state index contributed by atoms with van der Waals surface area (Å²) in [6.07, 6.45) is 3.86. The molecule has 0 radical (unpaired) electrons. The van der Waals surface area contributed by atoms with Crippen molar-refractivity contribution < 1.29 is 0 Å². The molecule has 0 amide bonds. The summed E-state index contributed by atoms with van der Waals surface area (Å²) < 4.78 is 0. The Morgan fingerprint density at radius 1 is 1.33 bits per heavy atom. The van der Waals surface area contributed by atoms with Gasteiger partial charge in [0.2, 0.25) is 0 Å². The smallest absolute Gasteiger partial charge is 0.0985 e. The fraction of sp³-hybridized carbons (Fsp3) is 0.100. The summed E-state index contributed by atoms with van der Waals surface area (Å²) in [4.78, 5) is 0.749. The first-order valence-corrected chi connectivity index (χ1v) is 4.18. The number of thiocarbonyl (C=S) groups is 1. The van der Waals surface area contributed by atoms with Crippen LogP contribution < -0.4 is 5.32 Å². The summed E-state index contributed by atoms with van der Waals surface area (Å²) in [5.74, 6) is 0. The van der Waals surface area contributed by atoms with Crippen LogP contribution in [0.1, 0.15) is 5.56 Å². The molecule has 0 spiro atoms. The Hall–Kier alpha value is -1.15. The van der Waals surface area contributed by atoms with E-state index in [9.17, 15) is 0 Å². The van der Waals surface area contributed by atoms with Crippen LogP contribution in [0.3, 0.4) is 0 Å². The van der Waals surface area contributed by atoms with E-state index in [0.29, 0.717) is 0 Å². The van der Waals surface area contributed by atoms with E-state index in [1.54, 1.807) is 0 Å². The largest absolute Gasteiger partial charge is 0.379 e. The highest BCUT2D eigenvalue weighted by atomic mass is 32.1. The van der Waals surface area contributed by atoms with Crippen molar-refractivity contribution in [3.63, 3.8) is 0 Å². The summed E-state index contributed by atoms with van der Waals surface area (Å²) >= 11 is 4.96. The second-order valence-electron chi connectivity index (χ2n) is 2.36. The number of benzene rings is 1. The zero-order valence-corrected chi connectivity index (χ0v) is 7.77. The number of rotatable bonds is 2. The Bertz CT molecular complexity index is 277. The molecule has 0 bridgehead atoms. The van der Waals surface area contributed by atoms with Crippen molar-refractivity contribution in [2.45, 2.75) is 0 Å². The lowest BCUT2D eigenvalue weighted by Crippen LogP contribution is -2.11. The molecule has 1 aromatic rings. The van der Waals surface area contributed by atoms with Crippen LogP contribution >= 0.6 is 12.2 Å². The van der Waals surface area contributed by atoms with E-state index >= 15 is 0 Å². The van der Waals surface area contributed by atoms with Crippen LogP contribution in [0, 0.1) is 0 Å². The van der Waals surface area contributed by atoms with Crippen LogP contribution in [0.5, 0.6) is 0 Å². The standard InChI is InChI=1S/C10H11NS/c1-11-10(12)8-7-9-5-3-2-4-6-9/h2-8H,1H3,(H,11,12). The highest BCUT2D eigenvalue weighted by Gasteiger charge is 1.84. The summed E-state index contributed by atoms with van der Waals surface area (Å²) in [6.45, 7) is 0. The van der Waals surface area contributed by atoms with E-state index in [1.165, 1.54) is 0 Å². The molecular formula is C10H11NS. The third-order valence-electron chi connectivity index (χ3n) is 1.47. The first kappa shape index (κ1) is 8.94. The molecule has 0 atom stereocenters. The molecule has 1 nitrogen and oxygen atoms in total. The summed E-state index contributed by atoms with van der Waals surface area (Å²) in [7, 11) is 1.82. The molecule has 0 fully saturated rings. The van der Waals surface area contributed by atoms with Gasteiger partial charge in [0.15, 0.2) is 0 Å². The molecule has 1 rings (SSSR count). The van der Waals surface area contributed by atoms with Gasteiger partial charge in [-0.2, -0.15) is 0 Å². The van der Waals surface area contributed by atoms with E-state index < -0.39 is 0 Å². The van der Waals surface area contributed by atoms with Gasteiger partial charge in [-0.1, -0.05) is 48.6 Å². The van der Waals surface area contributed by atoms with Gasteiger partial charge in [0.1, 0.15) is 0 Å². The van der Waals surface area contributed by atoms with E-state index in [-0.39, 0.29) is 0 Å². The Morgan fingerprint density at radius 2 is 2.00 bits per heavy atom. The zero-order chi connectivity index (χ0) is 8.81. The van der Waals surface area contributed by atoms with Crippen LogP contribution in [0.4, 0.5) is 0 Å². The second-order valence-corrected chi connectivity index (χ2v) is 2.80. The lowest BCUT2D eigenvalue weighted by atomic mass is 10.2. The van der Waals surface area contributed by atoms with Gasteiger partial charge in [-0.15, -0.1) is 0 Å². The van der Waals surface area contributed by atoms with E-state index in [2.05, 4.69) is 5.32 Å². The maximum Gasteiger partial charge on any atom is 0.0985 e. The van der Waals surface area contributed by atoms with E-state index in [1.807, 2.05) is 49.5 Å². The predicted octanol–water partition coefficient (Wildman–Crippen LogP) is 2.25. The summed E-state index contributed by atoms with van der Waals surface area (Å²) in [6, 6.07) is 10.1. The third kappa shape index (κ3) is 2.84. The average molecular weight is 177 g/mol. The highest BCUT2D eigenvalue weighted by Crippen LogP contribution is 2.00. The van der Waals surface area contributed by atoms with Gasteiger partial charge >= 0.3 is 0 Å². The monoisotopic (exact) mass is 177 g/mol. The average Bonchev–Trinajstić information content (AvgIpc) is 2.16. The molecule has 1 N–H and O–H groups in total. The van der Waals surface area contributed by atoms with Crippen LogP contribution in [0.15, 0.2) is 36.4 Å². The van der Waals surface area contributed by atoms with E-state index in [4.69, 9.17) is 12.2 Å². The fourth-order valence-electron chi connectivity index (χ4n) is 0.819. The molecule has 0 aliphatic rings. The van der Waals surface area contributed by atoms with Crippen molar-refractivity contribution in [2.75, 3.05) is 7.05 Å². The minimum Gasteiger partial charge on any atom is -0.379 e. The van der Waals surface area contributed by atoms with Crippen LogP contribution in [0.2, 0.25) is 0 Å². The molecule has 0 aliphatic heterocycles. The fourth-order valence-corrected chi connectivity index (χ4v) is 0.887. The van der Waals surface area contributed by atoms with Crippen molar-refractivity contribution in [1.29, 1.82) is 0 Å². The number of hydrogen-bond donors (Lipinski definition) is 1. The Kier molecular flexibility index (Phi) is 3.48. The molecule has 62 valence electrons. The minimum atomic E-state index is 0.749. The summed E-state index contributed by atoms with van der Waals surface area (Å²) in [5, 5.41) is 2.88. The first-order valence-electron chi connectivity index (χ1n) is 3.78. The third-order valence-corrected chi connectivity index (χ3v) is 1.81. The Labute approximate surface area is 78.1 Å².